The molecule has 2 aromatic rings. The molecule has 1 amide bonds. The first-order chi connectivity index (χ1) is 13.9. The minimum Gasteiger partial charge on any atom is -0.379 e. The minimum absolute atomic E-state index is 0.0988. The van der Waals surface area contributed by atoms with Crippen LogP contribution in [0.2, 0.25) is 5.02 Å². The summed E-state index contributed by atoms with van der Waals surface area (Å²) in [6.45, 7) is 1.60. The van der Waals surface area contributed by atoms with Gasteiger partial charge in [-0.25, -0.2) is 8.42 Å². The van der Waals surface area contributed by atoms with Gasteiger partial charge in [-0.05, 0) is 42.2 Å². The first-order valence-electron chi connectivity index (χ1n) is 9.64. The van der Waals surface area contributed by atoms with Crippen molar-refractivity contribution in [3.63, 3.8) is 0 Å². The van der Waals surface area contributed by atoms with E-state index in [0.717, 1.165) is 18.4 Å². The van der Waals surface area contributed by atoms with Gasteiger partial charge in [0.15, 0.2) is 0 Å². The van der Waals surface area contributed by atoms with Crippen LogP contribution in [-0.4, -0.2) is 44.9 Å². The van der Waals surface area contributed by atoms with Crippen molar-refractivity contribution < 1.29 is 17.9 Å². The van der Waals surface area contributed by atoms with Crippen LogP contribution < -0.4 is 5.32 Å². The molecule has 1 saturated carbocycles. The summed E-state index contributed by atoms with van der Waals surface area (Å²) >= 11 is 6.09. The highest BCUT2D eigenvalue weighted by Gasteiger charge is 2.51. The fraction of sp³-hybridized carbons (Fsp3) is 0.381. The molecule has 1 N–H and O–H groups in total. The number of hydrogen-bond acceptors (Lipinski definition) is 4. The third-order valence-electron chi connectivity index (χ3n) is 5.56. The van der Waals surface area contributed by atoms with Gasteiger partial charge in [0.25, 0.3) is 0 Å². The van der Waals surface area contributed by atoms with Gasteiger partial charge in [0, 0.05) is 24.7 Å². The zero-order chi connectivity index (χ0) is 20.5. The lowest BCUT2D eigenvalue weighted by Gasteiger charge is -2.27. The van der Waals surface area contributed by atoms with Gasteiger partial charge >= 0.3 is 0 Å². The number of nitrogens with zero attached hydrogens (tertiary/aromatic N) is 1. The van der Waals surface area contributed by atoms with Crippen LogP contribution in [0.1, 0.15) is 24.0 Å². The van der Waals surface area contributed by atoms with Crippen LogP contribution in [0.25, 0.3) is 0 Å². The van der Waals surface area contributed by atoms with Crippen molar-refractivity contribution >= 4 is 27.5 Å². The fourth-order valence-corrected chi connectivity index (χ4v) is 5.55. The molecule has 1 aliphatic carbocycles. The van der Waals surface area contributed by atoms with E-state index in [-0.39, 0.29) is 17.3 Å². The van der Waals surface area contributed by atoms with Crippen molar-refractivity contribution in [2.45, 2.75) is 29.7 Å². The van der Waals surface area contributed by atoms with Crippen LogP contribution in [0.15, 0.2) is 53.4 Å². The lowest BCUT2D eigenvalue weighted by molar-refractivity contribution is -0.123. The SMILES string of the molecule is O=C(NCc1ccccc1S(=O)(=O)N1CCOCC1)C1(c2cccc(Cl)c2)CC1. The zero-order valence-corrected chi connectivity index (χ0v) is 17.5. The molecule has 0 unspecified atom stereocenters. The highest BCUT2D eigenvalue weighted by molar-refractivity contribution is 7.89. The predicted octanol–water partition coefficient (Wildman–Crippen LogP) is 2.71. The second-order valence-electron chi connectivity index (χ2n) is 7.40. The predicted molar refractivity (Wildman–Crippen MR) is 110 cm³/mol. The zero-order valence-electron chi connectivity index (χ0n) is 15.9. The van der Waals surface area contributed by atoms with E-state index in [2.05, 4.69) is 5.32 Å². The molecule has 2 fully saturated rings. The third kappa shape index (κ3) is 4.05. The molecule has 1 heterocycles. The maximum atomic E-state index is 13.1. The number of nitrogens with one attached hydrogen (secondary N) is 1. The molecule has 1 aliphatic heterocycles. The molecule has 8 heteroatoms. The Kier molecular flexibility index (Phi) is 5.66. The van der Waals surface area contributed by atoms with E-state index in [4.69, 9.17) is 16.3 Å². The Balaban J connectivity index is 1.52. The Morgan fingerprint density at radius 2 is 1.83 bits per heavy atom. The van der Waals surface area contributed by atoms with Crippen LogP contribution in [-0.2, 0) is 31.5 Å². The van der Waals surface area contributed by atoms with Gasteiger partial charge in [-0.2, -0.15) is 4.31 Å². The highest BCUT2D eigenvalue weighted by Crippen LogP contribution is 2.48. The molecular weight excluding hydrogens is 412 g/mol. The van der Waals surface area contributed by atoms with Crippen LogP contribution in [0.3, 0.4) is 0 Å². The molecule has 2 aromatic carbocycles. The molecule has 2 aliphatic rings. The first-order valence-corrected chi connectivity index (χ1v) is 11.5. The van der Waals surface area contributed by atoms with Crippen LogP contribution in [0.4, 0.5) is 0 Å². The normalized spacial score (nSPS) is 18.9. The number of carbonyl (C=O) groups is 1. The van der Waals surface area contributed by atoms with E-state index < -0.39 is 15.4 Å². The average Bonchev–Trinajstić information content (AvgIpc) is 3.55. The van der Waals surface area contributed by atoms with Crippen molar-refractivity contribution in [3.05, 3.63) is 64.7 Å². The molecule has 0 aromatic heterocycles. The Morgan fingerprint density at radius 3 is 2.52 bits per heavy atom. The van der Waals surface area contributed by atoms with Crippen molar-refractivity contribution in [3.8, 4) is 0 Å². The molecule has 0 spiro atoms. The molecule has 29 heavy (non-hydrogen) atoms. The number of hydrogen-bond donors (Lipinski definition) is 1. The smallest absolute Gasteiger partial charge is 0.243 e. The summed E-state index contributed by atoms with van der Waals surface area (Å²) in [5, 5.41) is 3.55. The summed E-state index contributed by atoms with van der Waals surface area (Å²) in [5.74, 6) is -0.0988. The Hall–Kier alpha value is -1.93. The highest BCUT2D eigenvalue weighted by atomic mass is 35.5. The Labute approximate surface area is 175 Å². The molecule has 1 saturated heterocycles. The molecular formula is C21H23ClN2O4S. The molecule has 4 rings (SSSR count). The van der Waals surface area contributed by atoms with E-state index in [9.17, 15) is 13.2 Å². The molecule has 154 valence electrons. The molecule has 0 radical (unpaired) electrons. The van der Waals surface area contributed by atoms with Gasteiger partial charge < -0.3 is 10.1 Å². The van der Waals surface area contributed by atoms with E-state index in [1.165, 1.54) is 4.31 Å². The number of halogens is 1. The van der Waals surface area contributed by atoms with Gasteiger partial charge in [-0.1, -0.05) is 41.9 Å². The minimum atomic E-state index is -3.63. The summed E-state index contributed by atoms with van der Waals surface area (Å²) in [6.07, 6.45) is 1.51. The molecule has 6 nitrogen and oxygen atoms in total. The van der Waals surface area contributed by atoms with E-state index in [1.807, 2.05) is 18.2 Å². The van der Waals surface area contributed by atoms with Crippen LogP contribution in [0.5, 0.6) is 0 Å². The maximum Gasteiger partial charge on any atom is 0.243 e. The summed E-state index contributed by atoms with van der Waals surface area (Å²) < 4.78 is 32.8. The average molecular weight is 435 g/mol. The second-order valence-corrected chi connectivity index (χ2v) is 9.74. The number of rotatable bonds is 6. The van der Waals surface area contributed by atoms with E-state index in [0.29, 0.717) is 36.9 Å². The van der Waals surface area contributed by atoms with E-state index >= 15 is 0 Å². The quantitative estimate of drug-likeness (QED) is 0.758. The monoisotopic (exact) mass is 434 g/mol. The molecule has 0 bridgehead atoms. The first kappa shape index (κ1) is 20.3. The number of sulfonamides is 1. The van der Waals surface area contributed by atoms with E-state index in [1.54, 1.807) is 30.3 Å². The number of carbonyl (C=O) groups excluding carboxylic acids is 1. The lowest BCUT2D eigenvalue weighted by Crippen LogP contribution is -2.41. The van der Waals surface area contributed by atoms with Crippen molar-refractivity contribution in [1.29, 1.82) is 0 Å². The van der Waals surface area contributed by atoms with Gasteiger partial charge in [0.05, 0.1) is 23.5 Å². The number of benzene rings is 2. The Bertz CT molecular complexity index is 1010. The summed E-state index contributed by atoms with van der Waals surface area (Å²) in [7, 11) is -3.63. The number of amides is 1. The van der Waals surface area contributed by atoms with Gasteiger partial charge in [0.2, 0.25) is 15.9 Å². The summed E-state index contributed by atoms with van der Waals surface area (Å²) in [4.78, 5) is 13.2. The second kappa shape index (κ2) is 8.07. The van der Waals surface area contributed by atoms with Gasteiger partial charge in [0.1, 0.15) is 0 Å². The molecule has 0 atom stereocenters. The third-order valence-corrected chi connectivity index (χ3v) is 7.80. The number of morpholine rings is 1. The van der Waals surface area contributed by atoms with Gasteiger partial charge in [-0.15, -0.1) is 0 Å². The summed E-state index contributed by atoms with van der Waals surface area (Å²) in [5.41, 5.74) is 0.911. The van der Waals surface area contributed by atoms with Crippen LogP contribution >= 0.6 is 11.6 Å². The Morgan fingerprint density at radius 1 is 1.10 bits per heavy atom. The van der Waals surface area contributed by atoms with Gasteiger partial charge in [-0.3, -0.25) is 4.79 Å². The lowest BCUT2D eigenvalue weighted by atomic mass is 9.95. The standard InChI is InChI=1S/C21H23ClN2O4S/c22-18-6-3-5-17(14-18)21(8-9-21)20(25)23-15-16-4-1-2-7-19(16)29(26,27)24-10-12-28-13-11-24/h1-7,14H,8-13,15H2,(H,23,25). The fourth-order valence-electron chi connectivity index (χ4n) is 3.73. The van der Waals surface area contributed by atoms with Crippen molar-refractivity contribution in [2.75, 3.05) is 26.3 Å². The topological polar surface area (TPSA) is 75.7 Å². The maximum absolute atomic E-state index is 13.1. The van der Waals surface area contributed by atoms with Crippen molar-refractivity contribution in [1.82, 2.24) is 9.62 Å². The number of ether oxygens (including phenoxy) is 1. The largest absolute Gasteiger partial charge is 0.379 e. The summed E-state index contributed by atoms with van der Waals surface area (Å²) in [6, 6.07) is 14.2. The van der Waals surface area contributed by atoms with Crippen LogP contribution in [0, 0.1) is 0 Å². The van der Waals surface area contributed by atoms with Crippen molar-refractivity contribution in [2.24, 2.45) is 0 Å².